The molecule has 0 spiro atoms. The Labute approximate surface area is 113 Å². The molecule has 0 aliphatic heterocycles. The van der Waals surface area contributed by atoms with Crippen LogP contribution in [0, 0.1) is 0 Å². The van der Waals surface area contributed by atoms with Crippen LogP contribution in [0.2, 0.25) is 0 Å². The molecule has 0 unspecified atom stereocenters. The van der Waals surface area contributed by atoms with Gasteiger partial charge in [0.05, 0.1) is 0 Å². The van der Waals surface area contributed by atoms with Crippen molar-refractivity contribution in [2.45, 2.75) is 32.1 Å². The van der Waals surface area contributed by atoms with E-state index in [0.717, 1.165) is 12.8 Å². The van der Waals surface area contributed by atoms with Gasteiger partial charge in [-0.05, 0) is 48.8 Å². The standard InChI is InChI=1S/C15H20N2O2/c1-17(15(19)14(16)18)9-8-11-6-7-12-4-2-3-5-13(12)10-11/h6-7,10H,2-5,8-9H2,1H3,(H2,16,18). The third kappa shape index (κ3) is 3.34. The van der Waals surface area contributed by atoms with Crippen molar-refractivity contribution in [3.8, 4) is 0 Å². The lowest BCUT2D eigenvalue weighted by Crippen LogP contribution is -2.38. The molecule has 19 heavy (non-hydrogen) atoms. The Balaban J connectivity index is 1.96. The largest absolute Gasteiger partial charge is 0.361 e. The lowest BCUT2D eigenvalue weighted by Gasteiger charge is -2.18. The molecule has 2 N–H and O–H groups in total. The van der Waals surface area contributed by atoms with E-state index in [-0.39, 0.29) is 0 Å². The van der Waals surface area contributed by atoms with Crippen molar-refractivity contribution in [1.82, 2.24) is 4.90 Å². The van der Waals surface area contributed by atoms with Crippen molar-refractivity contribution in [1.29, 1.82) is 0 Å². The van der Waals surface area contributed by atoms with Crippen LogP contribution in [0.1, 0.15) is 29.5 Å². The van der Waals surface area contributed by atoms with Crippen LogP contribution in [0.25, 0.3) is 0 Å². The number of nitrogens with zero attached hydrogens (tertiary/aromatic N) is 1. The number of carbonyl (C=O) groups excluding carboxylic acids is 2. The van der Waals surface area contributed by atoms with Crippen LogP contribution < -0.4 is 5.73 Å². The lowest BCUT2D eigenvalue weighted by molar-refractivity contribution is -0.143. The van der Waals surface area contributed by atoms with Gasteiger partial charge in [-0.2, -0.15) is 0 Å². The average molecular weight is 260 g/mol. The molecule has 1 aromatic carbocycles. The number of benzene rings is 1. The van der Waals surface area contributed by atoms with Crippen molar-refractivity contribution in [3.05, 3.63) is 34.9 Å². The summed E-state index contributed by atoms with van der Waals surface area (Å²) >= 11 is 0. The van der Waals surface area contributed by atoms with Gasteiger partial charge in [-0.3, -0.25) is 9.59 Å². The van der Waals surface area contributed by atoms with Gasteiger partial charge < -0.3 is 10.6 Å². The van der Waals surface area contributed by atoms with Gasteiger partial charge in [0.1, 0.15) is 0 Å². The third-order valence-electron chi connectivity index (χ3n) is 3.71. The summed E-state index contributed by atoms with van der Waals surface area (Å²) in [4.78, 5) is 23.5. The molecule has 2 amide bonds. The van der Waals surface area contributed by atoms with Crippen molar-refractivity contribution in [2.75, 3.05) is 13.6 Å². The van der Waals surface area contributed by atoms with Crippen LogP contribution in [0.3, 0.4) is 0 Å². The zero-order valence-corrected chi connectivity index (χ0v) is 11.3. The minimum atomic E-state index is -0.895. The maximum atomic E-state index is 11.3. The number of rotatable bonds is 3. The number of hydrogen-bond acceptors (Lipinski definition) is 2. The highest BCUT2D eigenvalue weighted by atomic mass is 16.2. The molecule has 0 saturated heterocycles. The van der Waals surface area contributed by atoms with E-state index in [1.165, 1.54) is 40.9 Å². The van der Waals surface area contributed by atoms with E-state index in [9.17, 15) is 9.59 Å². The highest BCUT2D eigenvalue weighted by molar-refractivity contribution is 6.34. The first kappa shape index (κ1) is 13.6. The molecule has 0 radical (unpaired) electrons. The highest BCUT2D eigenvalue weighted by Crippen LogP contribution is 2.22. The molecule has 0 saturated carbocycles. The van der Waals surface area contributed by atoms with Crippen molar-refractivity contribution < 1.29 is 9.59 Å². The van der Waals surface area contributed by atoms with Crippen LogP contribution in [0.5, 0.6) is 0 Å². The number of amides is 2. The van der Waals surface area contributed by atoms with Gasteiger partial charge >= 0.3 is 11.8 Å². The quantitative estimate of drug-likeness (QED) is 0.826. The molecule has 4 nitrogen and oxygen atoms in total. The van der Waals surface area contributed by atoms with Crippen LogP contribution in [-0.4, -0.2) is 30.3 Å². The first-order valence-electron chi connectivity index (χ1n) is 6.73. The highest BCUT2D eigenvalue weighted by Gasteiger charge is 2.15. The van der Waals surface area contributed by atoms with Crippen molar-refractivity contribution in [2.24, 2.45) is 5.73 Å². The van der Waals surface area contributed by atoms with Gasteiger partial charge in [0, 0.05) is 13.6 Å². The first-order valence-corrected chi connectivity index (χ1v) is 6.73. The molecule has 4 heteroatoms. The summed E-state index contributed by atoms with van der Waals surface area (Å²) in [6.07, 6.45) is 5.62. The van der Waals surface area contributed by atoms with Gasteiger partial charge in [0.15, 0.2) is 0 Å². The van der Waals surface area contributed by atoms with E-state index < -0.39 is 11.8 Å². The van der Waals surface area contributed by atoms with Crippen LogP contribution in [0.15, 0.2) is 18.2 Å². The molecule has 0 fully saturated rings. The Hall–Kier alpha value is -1.84. The van der Waals surface area contributed by atoms with E-state index in [2.05, 4.69) is 18.2 Å². The molecule has 0 aromatic heterocycles. The van der Waals surface area contributed by atoms with Crippen molar-refractivity contribution >= 4 is 11.8 Å². The summed E-state index contributed by atoms with van der Waals surface area (Å²) in [5, 5.41) is 0. The number of carbonyl (C=O) groups is 2. The van der Waals surface area contributed by atoms with E-state index in [1.54, 1.807) is 7.05 Å². The Morgan fingerprint density at radius 1 is 1.21 bits per heavy atom. The summed E-state index contributed by atoms with van der Waals surface area (Å²) < 4.78 is 0. The smallest absolute Gasteiger partial charge is 0.311 e. The molecule has 1 aliphatic rings. The number of fused-ring (bicyclic) bond motifs is 1. The zero-order chi connectivity index (χ0) is 13.8. The minimum Gasteiger partial charge on any atom is -0.361 e. The molecular formula is C15H20N2O2. The Morgan fingerprint density at radius 3 is 2.58 bits per heavy atom. The van der Waals surface area contributed by atoms with E-state index in [0.29, 0.717) is 6.54 Å². The second-order valence-corrected chi connectivity index (χ2v) is 5.15. The van der Waals surface area contributed by atoms with E-state index in [4.69, 9.17) is 5.73 Å². The molecular weight excluding hydrogens is 240 g/mol. The SMILES string of the molecule is CN(CCc1ccc2c(c1)CCCC2)C(=O)C(N)=O. The summed E-state index contributed by atoms with van der Waals surface area (Å²) in [6.45, 7) is 0.514. The maximum absolute atomic E-state index is 11.3. The maximum Gasteiger partial charge on any atom is 0.311 e. The third-order valence-corrected chi connectivity index (χ3v) is 3.71. The topological polar surface area (TPSA) is 63.4 Å². The zero-order valence-electron chi connectivity index (χ0n) is 11.3. The first-order chi connectivity index (χ1) is 9.08. The fraction of sp³-hybridized carbons (Fsp3) is 0.467. The van der Waals surface area contributed by atoms with Crippen LogP contribution in [-0.2, 0) is 28.9 Å². The molecule has 1 aliphatic carbocycles. The molecule has 102 valence electrons. The lowest BCUT2D eigenvalue weighted by atomic mass is 9.90. The Morgan fingerprint density at radius 2 is 1.89 bits per heavy atom. The fourth-order valence-electron chi connectivity index (χ4n) is 2.53. The summed E-state index contributed by atoms with van der Waals surface area (Å²) in [5.74, 6) is -1.52. The normalized spacial score (nSPS) is 13.7. The molecule has 1 aromatic rings. The average Bonchev–Trinajstić information content (AvgIpc) is 2.43. The number of likely N-dealkylation sites (N-methyl/N-ethyl adjacent to an activating group) is 1. The summed E-state index contributed by atoms with van der Waals surface area (Å²) in [6, 6.07) is 6.55. The molecule has 0 heterocycles. The second-order valence-electron chi connectivity index (χ2n) is 5.15. The minimum absolute atomic E-state index is 0.514. The number of nitrogens with two attached hydrogens (primary N) is 1. The van der Waals surface area contributed by atoms with Gasteiger partial charge in [0.2, 0.25) is 0 Å². The van der Waals surface area contributed by atoms with Gasteiger partial charge in [0.25, 0.3) is 0 Å². The summed E-state index contributed by atoms with van der Waals surface area (Å²) in [7, 11) is 1.60. The van der Waals surface area contributed by atoms with Crippen LogP contribution >= 0.6 is 0 Å². The van der Waals surface area contributed by atoms with E-state index >= 15 is 0 Å². The summed E-state index contributed by atoms with van der Waals surface area (Å²) in [5.41, 5.74) is 9.07. The van der Waals surface area contributed by atoms with Gasteiger partial charge in [-0.25, -0.2) is 0 Å². The predicted molar refractivity (Wildman–Crippen MR) is 73.6 cm³/mol. The number of hydrogen-bond donors (Lipinski definition) is 1. The Kier molecular flexibility index (Phi) is 4.20. The van der Waals surface area contributed by atoms with Crippen LogP contribution in [0.4, 0.5) is 0 Å². The predicted octanol–water partition coefficient (Wildman–Crippen LogP) is 1.05. The monoisotopic (exact) mass is 260 g/mol. The van der Waals surface area contributed by atoms with Gasteiger partial charge in [-0.1, -0.05) is 18.2 Å². The molecule has 0 atom stereocenters. The molecule has 0 bridgehead atoms. The second kappa shape index (κ2) is 5.87. The Bertz CT molecular complexity index is 497. The fourth-order valence-corrected chi connectivity index (χ4v) is 2.53. The van der Waals surface area contributed by atoms with E-state index in [1.807, 2.05) is 0 Å². The number of primary amides is 1. The molecule has 2 rings (SSSR count). The van der Waals surface area contributed by atoms with Gasteiger partial charge in [-0.15, -0.1) is 0 Å². The van der Waals surface area contributed by atoms with Crippen molar-refractivity contribution in [3.63, 3.8) is 0 Å². The number of aryl methyl sites for hydroxylation is 2.